The average Bonchev–Trinajstić information content (AvgIpc) is 2.60. The smallest absolute Gasteiger partial charge is 0.258 e. The van der Waals surface area contributed by atoms with E-state index >= 15 is 0 Å². The summed E-state index contributed by atoms with van der Waals surface area (Å²) in [6, 6.07) is 11.2. The lowest BCUT2D eigenvalue weighted by Crippen LogP contribution is -2.15. The second-order valence-electron chi connectivity index (χ2n) is 4.15. The van der Waals surface area contributed by atoms with Crippen molar-refractivity contribution in [1.82, 2.24) is 9.55 Å². The third kappa shape index (κ3) is 1.70. The molecule has 3 aromatic rings. The van der Waals surface area contributed by atoms with Gasteiger partial charge in [0.1, 0.15) is 5.82 Å². The molecular formula is C13H9BrF2N2. The average molecular weight is 311 g/mol. The molecule has 0 aliphatic rings. The molecule has 18 heavy (non-hydrogen) atoms. The molecule has 0 radical (unpaired) electrons. The highest BCUT2D eigenvalue weighted by Crippen LogP contribution is 2.34. The third-order valence-corrected chi connectivity index (χ3v) is 3.30. The van der Waals surface area contributed by atoms with Gasteiger partial charge in [0.15, 0.2) is 0 Å². The Kier molecular flexibility index (Phi) is 2.41. The highest BCUT2D eigenvalue weighted by atomic mass is 79.9. The van der Waals surface area contributed by atoms with Gasteiger partial charge in [0, 0.05) is 15.9 Å². The standard InChI is InChI=1S/C13H9BrF2N2/c1-8-17-11-6-9-4-2-3-5-10(9)7-12(11)18(8)13(14,15)16/h2-7H,1H3. The van der Waals surface area contributed by atoms with Crippen molar-refractivity contribution >= 4 is 37.7 Å². The highest BCUT2D eigenvalue weighted by molar-refractivity contribution is 9.09. The van der Waals surface area contributed by atoms with Crippen LogP contribution in [0.25, 0.3) is 21.8 Å². The van der Waals surface area contributed by atoms with Crippen molar-refractivity contribution in [3.8, 4) is 0 Å². The molecule has 0 amide bonds. The Hall–Kier alpha value is -1.49. The molecule has 92 valence electrons. The topological polar surface area (TPSA) is 17.8 Å². The predicted octanol–water partition coefficient (Wildman–Crippen LogP) is 4.40. The van der Waals surface area contributed by atoms with Crippen LogP contribution in [0.3, 0.4) is 0 Å². The number of imidazole rings is 1. The van der Waals surface area contributed by atoms with Gasteiger partial charge in [-0.1, -0.05) is 24.3 Å². The highest BCUT2D eigenvalue weighted by Gasteiger charge is 2.30. The first-order valence-electron chi connectivity index (χ1n) is 5.42. The molecule has 0 saturated carbocycles. The summed E-state index contributed by atoms with van der Waals surface area (Å²) in [6.07, 6.45) is 0. The Morgan fingerprint density at radius 1 is 1.17 bits per heavy atom. The van der Waals surface area contributed by atoms with Gasteiger partial charge >= 0.3 is 4.96 Å². The molecule has 5 heteroatoms. The molecule has 0 spiro atoms. The molecule has 0 N–H and O–H groups in total. The van der Waals surface area contributed by atoms with Crippen molar-refractivity contribution in [1.29, 1.82) is 0 Å². The fourth-order valence-electron chi connectivity index (χ4n) is 2.20. The van der Waals surface area contributed by atoms with Gasteiger partial charge in [-0.2, -0.15) is 8.78 Å². The summed E-state index contributed by atoms with van der Waals surface area (Å²) in [4.78, 5) is 1.05. The number of aryl methyl sites for hydroxylation is 1. The molecule has 2 nitrogen and oxygen atoms in total. The van der Waals surface area contributed by atoms with Crippen molar-refractivity contribution in [2.75, 3.05) is 0 Å². The van der Waals surface area contributed by atoms with E-state index in [2.05, 4.69) is 20.9 Å². The molecule has 0 saturated heterocycles. The molecule has 3 rings (SSSR count). The summed E-state index contributed by atoms with van der Waals surface area (Å²) >= 11 is 2.39. The Morgan fingerprint density at radius 3 is 2.39 bits per heavy atom. The minimum absolute atomic E-state index is 0.280. The van der Waals surface area contributed by atoms with Gasteiger partial charge in [-0.3, -0.25) is 4.57 Å². The predicted molar refractivity (Wildman–Crippen MR) is 71.1 cm³/mol. The fraction of sp³-hybridized carbons (Fsp3) is 0.154. The quantitative estimate of drug-likeness (QED) is 0.609. The van der Waals surface area contributed by atoms with Crippen molar-refractivity contribution < 1.29 is 8.78 Å². The minimum atomic E-state index is -3.13. The van der Waals surface area contributed by atoms with E-state index in [1.807, 2.05) is 30.3 Å². The number of fused-ring (bicyclic) bond motifs is 2. The van der Waals surface area contributed by atoms with E-state index in [4.69, 9.17) is 0 Å². The molecule has 0 fully saturated rings. The Bertz CT molecular complexity index is 744. The maximum Gasteiger partial charge on any atom is 0.388 e. The molecular weight excluding hydrogens is 302 g/mol. The number of halogens is 3. The zero-order chi connectivity index (χ0) is 12.9. The summed E-state index contributed by atoms with van der Waals surface area (Å²) in [5, 5.41) is 1.91. The lowest BCUT2D eigenvalue weighted by Gasteiger charge is -2.13. The van der Waals surface area contributed by atoms with Crippen LogP contribution in [0.4, 0.5) is 8.78 Å². The van der Waals surface area contributed by atoms with Crippen LogP contribution in [0, 0.1) is 6.92 Å². The van der Waals surface area contributed by atoms with E-state index < -0.39 is 4.96 Å². The maximum absolute atomic E-state index is 13.5. The van der Waals surface area contributed by atoms with Gasteiger partial charge in [0.25, 0.3) is 0 Å². The zero-order valence-corrected chi connectivity index (χ0v) is 11.1. The monoisotopic (exact) mass is 310 g/mol. The van der Waals surface area contributed by atoms with Crippen LogP contribution in [0.2, 0.25) is 0 Å². The number of aromatic nitrogens is 2. The van der Waals surface area contributed by atoms with Crippen LogP contribution in [-0.4, -0.2) is 9.55 Å². The van der Waals surface area contributed by atoms with E-state index in [1.165, 1.54) is 0 Å². The number of rotatable bonds is 1. The summed E-state index contributed by atoms with van der Waals surface area (Å²) < 4.78 is 27.9. The Balaban J connectivity index is 2.45. The lowest BCUT2D eigenvalue weighted by molar-refractivity contribution is 0.0353. The summed E-state index contributed by atoms with van der Waals surface area (Å²) in [5.74, 6) is 0.280. The van der Waals surface area contributed by atoms with Crippen LogP contribution >= 0.6 is 15.9 Å². The van der Waals surface area contributed by atoms with Crippen molar-refractivity contribution in [2.45, 2.75) is 11.9 Å². The molecule has 0 unspecified atom stereocenters. The second kappa shape index (κ2) is 3.75. The molecule has 0 aliphatic heterocycles. The molecule has 1 aromatic heterocycles. The number of alkyl halides is 3. The Labute approximate surface area is 110 Å². The first-order chi connectivity index (χ1) is 8.47. The summed E-state index contributed by atoms with van der Waals surface area (Å²) in [7, 11) is 0. The normalized spacial score (nSPS) is 12.4. The lowest BCUT2D eigenvalue weighted by atomic mass is 10.1. The first kappa shape index (κ1) is 11.6. The number of nitrogens with zero attached hydrogens (tertiary/aromatic N) is 2. The second-order valence-corrected chi connectivity index (χ2v) is 5.10. The third-order valence-electron chi connectivity index (χ3n) is 2.94. The van der Waals surface area contributed by atoms with Crippen LogP contribution in [0.5, 0.6) is 0 Å². The SMILES string of the molecule is Cc1nc2cc3ccccc3cc2n1C(F)(F)Br. The van der Waals surface area contributed by atoms with Gasteiger partial charge in [-0.25, -0.2) is 4.98 Å². The van der Waals surface area contributed by atoms with E-state index in [0.29, 0.717) is 11.0 Å². The van der Waals surface area contributed by atoms with Crippen LogP contribution in [0.15, 0.2) is 36.4 Å². The zero-order valence-electron chi connectivity index (χ0n) is 9.49. The van der Waals surface area contributed by atoms with Gasteiger partial charge in [0.05, 0.1) is 11.0 Å². The number of benzene rings is 2. The van der Waals surface area contributed by atoms with Crippen molar-refractivity contribution in [3.05, 3.63) is 42.2 Å². The fourth-order valence-corrected chi connectivity index (χ4v) is 2.65. The van der Waals surface area contributed by atoms with E-state index in [1.54, 1.807) is 13.0 Å². The Morgan fingerprint density at radius 2 is 1.78 bits per heavy atom. The maximum atomic E-state index is 13.5. The van der Waals surface area contributed by atoms with E-state index in [9.17, 15) is 8.78 Å². The number of hydrogen-bond donors (Lipinski definition) is 0. The summed E-state index contributed by atoms with van der Waals surface area (Å²) in [5.41, 5.74) is 0.999. The largest absolute Gasteiger partial charge is 0.388 e. The van der Waals surface area contributed by atoms with Crippen molar-refractivity contribution in [2.24, 2.45) is 0 Å². The molecule has 0 bridgehead atoms. The summed E-state index contributed by atoms with van der Waals surface area (Å²) in [6.45, 7) is 1.57. The molecule has 1 heterocycles. The van der Waals surface area contributed by atoms with Gasteiger partial charge < -0.3 is 0 Å². The van der Waals surface area contributed by atoms with Crippen LogP contribution < -0.4 is 0 Å². The minimum Gasteiger partial charge on any atom is -0.258 e. The molecule has 0 atom stereocenters. The molecule has 2 aromatic carbocycles. The van der Waals surface area contributed by atoms with Crippen LogP contribution in [0.1, 0.15) is 5.82 Å². The number of hydrogen-bond acceptors (Lipinski definition) is 1. The van der Waals surface area contributed by atoms with Crippen molar-refractivity contribution in [3.63, 3.8) is 0 Å². The first-order valence-corrected chi connectivity index (χ1v) is 6.21. The molecule has 0 aliphatic carbocycles. The van der Waals surface area contributed by atoms with Gasteiger partial charge in [0.2, 0.25) is 0 Å². The van der Waals surface area contributed by atoms with Gasteiger partial charge in [-0.15, -0.1) is 0 Å². The van der Waals surface area contributed by atoms with E-state index in [-0.39, 0.29) is 5.82 Å². The van der Waals surface area contributed by atoms with Crippen LogP contribution in [-0.2, 0) is 4.96 Å². The van der Waals surface area contributed by atoms with E-state index in [0.717, 1.165) is 15.3 Å². The van der Waals surface area contributed by atoms with Gasteiger partial charge in [-0.05, 0) is 29.8 Å².